The van der Waals surface area contributed by atoms with Crippen molar-refractivity contribution in [3.8, 4) is 0 Å². The lowest BCUT2D eigenvalue weighted by molar-refractivity contribution is -0.377. The number of allylic oxidation sites excluding steroid dienone is 1. The first kappa shape index (κ1) is 40.2. The third kappa shape index (κ3) is 27.0. The number of carbonyl (C=O) groups is 2. The van der Waals surface area contributed by atoms with Gasteiger partial charge in [-0.15, -0.1) is 0 Å². The molecule has 0 radical (unpaired) electrons. The molecular weight excluding hydrogens is 550 g/mol. The lowest BCUT2D eigenvalue weighted by Crippen LogP contribution is -2.45. The van der Waals surface area contributed by atoms with Crippen LogP contribution in [0.2, 0.25) is 0 Å². The van der Waals surface area contributed by atoms with E-state index in [-0.39, 0.29) is 25.7 Å². The number of aromatic amines is 1. The van der Waals surface area contributed by atoms with Crippen molar-refractivity contribution in [1.82, 2.24) is 10.6 Å². The third-order valence-electron chi connectivity index (χ3n) is 5.36. The summed E-state index contributed by atoms with van der Waals surface area (Å²) in [5.41, 5.74) is 0.332. The highest BCUT2D eigenvalue weighted by molar-refractivity contribution is 7.85. The summed E-state index contributed by atoms with van der Waals surface area (Å²) in [5.74, 6) is -0.140. The lowest BCUT2D eigenvalue weighted by atomic mass is 10.0. The van der Waals surface area contributed by atoms with E-state index in [2.05, 4.69) is 42.6 Å². The Morgan fingerprint density at radius 2 is 1.61 bits per heavy atom. The maximum absolute atomic E-state index is 11.2. The summed E-state index contributed by atoms with van der Waals surface area (Å²) in [6, 6.07) is 5.86. The number of aromatic nitrogens is 1. The first-order valence-electron chi connectivity index (χ1n) is 13.7. The molecule has 1 aromatic rings. The molecule has 0 aromatic carbocycles. The molecule has 0 saturated carbocycles. The molecule has 0 aliphatic rings. The van der Waals surface area contributed by atoms with Crippen LogP contribution < -0.4 is 15.6 Å². The fraction of sp³-hybridized carbons (Fsp3) is 0.621. The van der Waals surface area contributed by atoms with Crippen molar-refractivity contribution in [2.24, 2.45) is 11.8 Å². The fourth-order valence-electron chi connectivity index (χ4n) is 2.69. The molecule has 0 spiro atoms. The Bertz CT molecular complexity index is 958. The third-order valence-corrected chi connectivity index (χ3v) is 6.44. The number of carbonyl (C=O) groups excluding carboxylic acids is 2. The highest BCUT2D eigenvalue weighted by Crippen LogP contribution is 2.15. The predicted octanol–water partition coefficient (Wildman–Crippen LogP) is 3.85. The van der Waals surface area contributed by atoms with Crippen molar-refractivity contribution >= 4 is 22.2 Å². The minimum Gasteiger partial charge on any atom is -0.748 e. The SMILES string of the molecule is C=C(C)C(=O)OCCNC(=O)OCCOCC(C)CC.C=C(NC(C)(C)CS(=O)(=O)[O-])C(C)CC.c1cc[nH+]cc1. The minimum atomic E-state index is -4.21. The van der Waals surface area contributed by atoms with Crippen LogP contribution in [0.3, 0.4) is 0 Å². The molecule has 2 atom stereocenters. The zero-order chi connectivity index (χ0) is 31.9. The van der Waals surface area contributed by atoms with E-state index in [4.69, 9.17) is 14.2 Å². The minimum absolute atomic E-state index is 0.0886. The van der Waals surface area contributed by atoms with E-state index in [9.17, 15) is 22.6 Å². The van der Waals surface area contributed by atoms with Gasteiger partial charge in [-0.1, -0.05) is 53.3 Å². The first-order valence-corrected chi connectivity index (χ1v) is 15.2. The van der Waals surface area contributed by atoms with Gasteiger partial charge in [0.1, 0.15) is 13.2 Å². The summed E-state index contributed by atoms with van der Waals surface area (Å²) < 4.78 is 46.9. The van der Waals surface area contributed by atoms with Crippen LogP contribution in [0.25, 0.3) is 0 Å². The fourth-order valence-corrected chi connectivity index (χ4v) is 3.65. The molecule has 236 valence electrons. The Kier molecular flexibility index (Phi) is 22.2. The van der Waals surface area contributed by atoms with E-state index in [0.29, 0.717) is 24.7 Å². The number of esters is 1. The summed E-state index contributed by atoms with van der Waals surface area (Å²) >= 11 is 0. The molecule has 0 bridgehead atoms. The number of H-pyrrole nitrogens is 1. The van der Waals surface area contributed by atoms with Gasteiger partial charge in [0.05, 0.1) is 29.0 Å². The molecule has 11 nitrogen and oxygen atoms in total. The topological polar surface area (TPSA) is 157 Å². The number of nitrogens with one attached hydrogen (secondary N) is 3. The van der Waals surface area contributed by atoms with Gasteiger partial charge in [0.2, 0.25) is 0 Å². The molecule has 1 rings (SSSR count). The predicted molar refractivity (Wildman–Crippen MR) is 159 cm³/mol. The van der Waals surface area contributed by atoms with E-state index >= 15 is 0 Å². The van der Waals surface area contributed by atoms with Gasteiger partial charge in [-0.3, -0.25) is 0 Å². The van der Waals surface area contributed by atoms with Crippen molar-refractivity contribution < 1.29 is 41.8 Å². The zero-order valence-electron chi connectivity index (χ0n) is 25.8. The number of pyridine rings is 1. The van der Waals surface area contributed by atoms with Gasteiger partial charge in [-0.25, -0.2) is 23.0 Å². The average molecular weight is 602 g/mol. The second-order valence-corrected chi connectivity index (χ2v) is 11.6. The van der Waals surface area contributed by atoms with Crippen molar-refractivity contribution in [3.05, 3.63) is 55.0 Å². The summed E-state index contributed by atoms with van der Waals surface area (Å²) in [7, 11) is -4.21. The van der Waals surface area contributed by atoms with Gasteiger partial charge in [-0.2, -0.15) is 0 Å². The maximum Gasteiger partial charge on any atom is 0.407 e. The number of alkyl carbamates (subject to hydrolysis) is 1. The van der Waals surface area contributed by atoms with Crippen LogP contribution in [-0.2, 0) is 29.1 Å². The standard InChI is InChI=1S/C14H25NO5.C10H21NO3S.C5H5N/c1-5-12(4)10-18-8-9-20-14(17)15-6-7-19-13(16)11(2)3;1-6-8(2)9(3)11-10(4,5)7-15(12,13)14;1-2-4-6-5-3-1/h12H,2,5-10H2,1,3-4H3,(H,15,17);8,11H,3,6-7H2,1-2,4-5H3,(H,12,13,14);1-5H. The first-order chi connectivity index (χ1) is 19.0. The summed E-state index contributed by atoms with van der Waals surface area (Å²) in [5, 5.41) is 5.45. The zero-order valence-corrected chi connectivity index (χ0v) is 26.6. The Morgan fingerprint density at radius 3 is 2.05 bits per heavy atom. The van der Waals surface area contributed by atoms with Crippen molar-refractivity contribution in [3.63, 3.8) is 0 Å². The van der Waals surface area contributed by atoms with Crippen LogP contribution in [-0.4, -0.2) is 69.3 Å². The van der Waals surface area contributed by atoms with Crippen LogP contribution >= 0.6 is 0 Å². The number of rotatable bonds is 16. The van der Waals surface area contributed by atoms with E-state index in [1.807, 2.05) is 44.4 Å². The normalized spacial score (nSPS) is 12.2. The number of hydrogen-bond donors (Lipinski definition) is 2. The summed E-state index contributed by atoms with van der Waals surface area (Å²) in [4.78, 5) is 25.1. The van der Waals surface area contributed by atoms with Crippen molar-refractivity contribution in [2.75, 3.05) is 38.7 Å². The molecule has 0 saturated heterocycles. The average Bonchev–Trinajstić information content (AvgIpc) is 2.90. The Balaban J connectivity index is 0. The monoisotopic (exact) mass is 601 g/mol. The van der Waals surface area contributed by atoms with Gasteiger partial charge in [0.25, 0.3) is 0 Å². The smallest absolute Gasteiger partial charge is 0.407 e. The van der Waals surface area contributed by atoms with Crippen LogP contribution in [0.15, 0.2) is 55.0 Å². The van der Waals surface area contributed by atoms with Crippen molar-refractivity contribution in [2.45, 2.75) is 66.8 Å². The van der Waals surface area contributed by atoms with Crippen LogP contribution in [0.5, 0.6) is 0 Å². The summed E-state index contributed by atoms with van der Waals surface area (Å²) in [6.45, 7) is 21.9. The summed E-state index contributed by atoms with van der Waals surface area (Å²) in [6.07, 6.45) is 5.18. The Hall–Kier alpha value is -2.96. The molecule has 0 fully saturated rings. The maximum atomic E-state index is 11.2. The highest BCUT2D eigenvalue weighted by Gasteiger charge is 2.22. The second-order valence-electron chi connectivity index (χ2n) is 10.2. The van der Waals surface area contributed by atoms with Gasteiger partial charge in [0, 0.05) is 35.5 Å². The molecule has 0 aliphatic heterocycles. The van der Waals surface area contributed by atoms with E-state index < -0.39 is 33.5 Å². The largest absolute Gasteiger partial charge is 0.748 e. The van der Waals surface area contributed by atoms with E-state index in [0.717, 1.165) is 18.5 Å². The molecule has 2 unspecified atom stereocenters. The lowest BCUT2D eigenvalue weighted by Gasteiger charge is -2.31. The molecular formula is C29H51N3O8S. The van der Waals surface area contributed by atoms with Gasteiger partial charge < -0.3 is 29.4 Å². The molecule has 3 N–H and O–H groups in total. The highest BCUT2D eigenvalue weighted by atomic mass is 32.2. The quantitative estimate of drug-likeness (QED) is 0.124. The molecule has 1 heterocycles. The molecule has 1 aromatic heterocycles. The van der Waals surface area contributed by atoms with Gasteiger partial charge in [-0.05, 0) is 39.0 Å². The number of hydrogen-bond acceptors (Lipinski definition) is 9. The van der Waals surface area contributed by atoms with Gasteiger partial charge in [0.15, 0.2) is 12.4 Å². The van der Waals surface area contributed by atoms with Crippen LogP contribution in [0.1, 0.15) is 61.3 Å². The molecule has 0 aliphatic carbocycles. The number of ether oxygens (including phenoxy) is 3. The van der Waals surface area contributed by atoms with E-state index in [1.165, 1.54) is 0 Å². The molecule has 1 amide bonds. The Labute approximate surface area is 246 Å². The van der Waals surface area contributed by atoms with Crippen molar-refractivity contribution in [1.29, 1.82) is 0 Å². The number of amides is 1. The van der Waals surface area contributed by atoms with E-state index in [1.54, 1.807) is 20.8 Å². The molecule has 12 heteroatoms. The molecule has 41 heavy (non-hydrogen) atoms. The van der Waals surface area contributed by atoms with Crippen LogP contribution in [0, 0.1) is 11.8 Å². The Morgan fingerprint density at radius 1 is 1.00 bits per heavy atom. The second kappa shape index (κ2) is 22.7. The van der Waals surface area contributed by atoms with Crippen LogP contribution in [0.4, 0.5) is 4.79 Å². The van der Waals surface area contributed by atoms with Gasteiger partial charge >= 0.3 is 12.1 Å².